The van der Waals surface area contributed by atoms with Crippen LogP contribution in [0.2, 0.25) is 0 Å². The normalized spacial score (nSPS) is 10.0. The molecule has 1 N–H and O–H groups in total. The van der Waals surface area contributed by atoms with Crippen molar-refractivity contribution in [3.05, 3.63) is 66.0 Å². The molecule has 1 amide bonds. The van der Waals surface area contributed by atoms with E-state index in [1.165, 1.54) is 0 Å². The van der Waals surface area contributed by atoms with E-state index in [2.05, 4.69) is 27.1 Å². The van der Waals surface area contributed by atoms with Gasteiger partial charge < -0.3 is 10.1 Å². The Morgan fingerprint density at radius 3 is 2.96 bits per heavy atom. The summed E-state index contributed by atoms with van der Waals surface area (Å²) in [5.74, 6) is 6.34. The summed E-state index contributed by atoms with van der Waals surface area (Å²) in [5.41, 5.74) is 2.79. The predicted molar refractivity (Wildman–Crippen MR) is 101 cm³/mol. The molecule has 0 aliphatic heterocycles. The number of ether oxygens (including phenoxy) is 1. The van der Waals surface area contributed by atoms with Gasteiger partial charge in [0.25, 0.3) is 5.91 Å². The zero-order valence-electron chi connectivity index (χ0n) is 14.5. The molecule has 3 aromatic rings. The van der Waals surface area contributed by atoms with Crippen molar-refractivity contribution in [3.63, 3.8) is 0 Å². The molecule has 2 aromatic heterocycles. The van der Waals surface area contributed by atoms with Crippen molar-refractivity contribution in [2.24, 2.45) is 0 Å². The van der Waals surface area contributed by atoms with Gasteiger partial charge in [0.1, 0.15) is 11.4 Å². The van der Waals surface area contributed by atoms with Crippen molar-refractivity contribution < 1.29 is 9.53 Å². The van der Waals surface area contributed by atoms with Crippen molar-refractivity contribution in [2.75, 3.05) is 6.61 Å². The van der Waals surface area contributed by atoms with E-state index in [1.807, 2.05) is 37.3 Å². The molecule has 130 valence electrons. The topological polar surface area (TPSA) is 64.1 Å². The number of hydrogen-bond acceptors (Lipinski definition) is 4. The van der Waals surface area contributed by atoms with Gasteiger partial charge in [-0.15, -0.1) is 11.8 Å². The first kappa shape index (κ1) is 17.4. The van der Waals surface area contributed by atoms with E-state index in [0.29, 0.717) is 30.8 Å². The molecule has 1 aromatic carbocycles. The lowest BCUT2D eigenvalue weighted by Gasteiger charge is -2.08. The molecule has 5 heteroatoms. The molecule has 2 heterocycles. The maximum absolute atomic E-state index is 12.4. The van der Waals surface area contributed by atoms with Crippen LogP contribution in [0.25, 0.3) is 11.0 Å². The van der Waals surface area contributed by atoms with Gasteiger partial charge in [-0.25, -0.2) is 4.98 Å². The molecule has 0 aliphatic carbocycles. The van der Waals surface area contributed by atoms with Crippen LogP contribution in [0.5, 0.6) is 5.75 Å². The van der Waals surface area contributed by atoms with Crippen LogP contribution in [0.1, 0.15) is 29.4 Å². The van der Waals surface area contributed by atoms with Crippen LogP contribution in [0.15, 0.2) is 54.7 Å². The summed E-state index contributed by atoms with van der Waals surface area (Å²) in [6.07, 6.45) is 2.40. The third kappa shape index (κ3) is 4.58. The summed E-state index contributed by atoms with van der Waals surface area (Å²) < 4.78 is 5.65. The highest BCUT2D eigenvalue weighted by atomic mass is 16.5. The zero-order chi connectivity index (χ0) is 18.2. The van der Waals surface area contributed by atoms with Crippen LogP contribution in [0.4, 0.5) is 0 Å². The Morgan fingerprint density at radius 1 is 1.15 bits per heavy atom. The lowest BCUT2D eigenvalue weighted by atomic mass is 10.2. The Labute approximate surface area is 152 Å². The number of amides is 1. The summed E-state index contributed by atoms with van der Waals surface area (Å²) in [6.45, 7) is 2.76. The summed E-state index contributed by atoms with van der Waals surface area (Å²) in [6, 6.07) is 14.8. The fraction of sp³-hybridized carbons (Fsp3) is 0.190. The van der Waals surface area contributed by atoms with E-state index < -0.39 is 0 Å². The second-order valence-electron chi connectivity index (χ2n) is 5.59. The van der Waals surface area contributed by atoms with E-state index in [1.54, 1.807) is 24.4 Å². The first-order chi connectivity index (χ1) is 12.8. The lowest BCUT2D eigenvalue weighted by Crippen LogP contribution is -2.23. The van der Waals surface area contributed by atoms with Gasteiger partial charge in [-0.3, -0.25) is 9.78 Å². The number of nitrogens with one attached hydrogen (secondary N) is 1. The minimum Gasteiger partial charge on any atom is -0.493 e. The fourth-order valence-electron chi connectivity index (χ4n) is 2.45. The van der Waals surface area contributed by atoms with Crippen molar-refractivity contribution in [2.45, 2.75) is 19.9 Å². The van der Waals surface area contributed by atoms with Gasteiger partial charge in [-0.1, -0.05) is 12.1 Å². The monoisotopic (exact) mass is 345 g/mol. The Bertz CT molecular complexity index is 973. The van der Waals surface area contributed by atoms with Crippen molar-refractivity contribution in [1.29, 1.82) is 0 Å². The molecule has 0 saturated heterocycles. The maximum Gasteiger partial charge on any atom is 0.270 e. The van der Waals surface area contributed by atoms with Crippen LogP contribution in [0, 0.1) is 11.8 Å². The van der Waals surface area contributed by atoms with Gasteiger partial charge >= 0.3 is 0 Å². The second-order valence-corrected chi connectivity index (χ2v) is 5.59. The number of nitrogens with zero attached hydrogens (tertiary/aromatic N) is 2. The number of aromatic nitrogens is 2. The first-order valence-corrected chi connectivity index (χ1v) is 8.37. The molecule has 26 heavy (non-hydrogen) atoms. The van der Waals surface area contributed by atoms with E-state index in [0.717, 1.165) is 16.8 Å². The van der Waals surface area contributed by atoms with Crippen LogP contribution < -0.4 is 10.1 Å². The summed E-state index contributed by atoms with van der Waals surface area (Å²) >= 11 is 0. The number of fused-ring (bicyclic) bond motifs is 1. The molecule has 0 spiro atoms. The predicted octanol–water partition coefficient (Wildman–Crippen LogP) is 3.35. The molecule has 0 bridgehead atoms. The summed E-state index contributed by atoms with van der Waals surface area (Å²) in [4.78, 5) is 20.9. The van der Waals surface area contributed by atoms with Gasteiger partial charge in [0.15, 0.2) is 0 Å². The number of hydrogen-bond donors (Lipinski definition) is 1. The molecular formula is C21H19N3O2. The van der Waals surface area contributed by atoms with E-state index in [4.69, 9.17) is 4.74 Å². The molecule has 0 fully saturated rings. The highest BCUT2D eigenvalue weighted by molar-refractivity contribution is 5.94. The van der Waals surface area contributed by atoms with Gasteiger partial charge in [0.05, 0.1) is 17.6 Å². The Morgan fingerprint density at radius 2 is 2.08 bits per heavy atom. The smallest absolute Gasteiger partial charge is 0.270 e. The summed E-state index contributed by atoms with van der Waals surface area (Å²) in [7, 11) is 0. The molecule has 0 aliphatic rings. The highest BCUT2D eigenvalue weighted by Gasteiger charge is 2.08. The molecular weight excluding hydrogens is 326 g/mol. The molecule has 0 radical (unpaired) electrons. The Hall–Kier alpha value is -3.39. The Balaban J connectivity index is 1.60. The van der Waals surface area contributed by atoms with Crippen molar-refractivity contribution >= 4 is 16.9 Å². The van der Waals surface area contributed by atoms with Crippen LogP contribution >= 0.6 is 0 Å². The van der Waals surface area contributed by atoms with Gasteiger partial charge in [-0.2, -0.15) is 0 Å². The van der Waals surface area contributed by atoms with Crippen LogP contribution in [-0.4, -0.2) is 22.5 Å². The van der Waals surface area contributed by atoms with E-state index in [-0.39, 0.29) is 5.91 Å². The highest BCUT2D eigenvalue weighted by Crippen LogP contribution is 2.14. The number of carbonyl (C=O) groups excluding carboxylic acids is 1. The first-order valence-electron chi connectivity index (χ1n) is 8.37. The van der Waals surface area contributed by atoms with Crippen LogP contribution in [-0.2, 0) is 6.54 Å². The molecule has 0 unspecified atom stereocenters. The average molecular weight is 345 g/mol. The third-order valence-electron chi connectivity index (χ3n) is 3.71. The lowest BCUT2D eigenvalue weighted by molar-refractivity contribution is 0.0946. The number of benzene rings is 1. The van der Waals surface area contributed by atoms with Gasteiger partial charge in [-0.05, 0) is 48.9 Å². The maximum atomic E-state index is 12.4. The minimum absolute atomic E-state index is 0.222. The number of carbonyl (C=O) groups is 1. The number of rotatable bonds is 6. The molecule has 0 atom stereocenters. The zero-order valence-corrected chi connectivity index (χ0v) is 14.5. The fourth-order valence-corrected chi connectivity index (χ4v) is 2.45. The third-order valence-corrected chi connectivity index (χ3v) is 3.71. The Kier molecular flexibility index (Phi) is 5.79. The quantitative estimate of drug-likeness (QED) is 0.550. The largest absolute Gasteiger partial charge is 0.493 e. The molecule has 3 rings (SSSR count). The van der Waals surface area contributed by atoms with Gasteiger partial charge in [0.2, 0.25) is 0 Å². The average Bonchev–Trinajstić information content (AvgIpc) is 2.69. The van der Waals surface area contributed by atoms with Crippen molar-refractivity contribution in [3.8, 4) is 17.6 Å². The van der Waals surface area contributed by atoms with E-state index >= 15 is 0 Å². The SMILES string of the molecule is CC#CCCOc1cccc(CNC(=O)c2ccc3ncccc3n2)c1. The van der Waals surface area contributed by atoms with Crippen LogP contribution in [0.3, 0.4) is 0 Å². The summed E-state index contributed by atoms with van der Waals surface area (Å²) in [5, 5.41) is 2.88. The number of pyridine rings is 2. The van der Waals surface area contributed by atoms with Crippen molar-refractivity contribution in [1.82, 2.24) is 15.3 Å². The second kappa shape index (κ2) is 8.63. The standard InChI is InChI=1S/C21H19N3O2/c1-2-3-4-13-26-17-8-5-7-16(14-17)15-23-21(25)20-11-10-18-19(24-20)9-6-12-22-18/h5-12,14H,4,13,15H2,1H3,(H,23,25). The minimum atomic E-state index is -0.222. The van der Waals surface area contributed by atoms with Gasteiger partial charge in [0, 0.05) is 19.2 Å². The van der Waals surface area contributed by atoms with E-state index in [9.17, 15) is 4.79 Å². The molecule has 5 nitrogen and oxygen atoms in total. The molecule has 0 saturated carbocycles.